The van der Waals surface area contributed by atoms with Crippen molar-refractivity contribution in [1.29, 1.82) is 0 Å². The van der Waals surface area contributed by atoms with Gasteiger partial charge in [-0.1, -0.05) is 48.0 Å². The molecular formula is C15H14OS. The highest BCUT2D eigenvalue weighted by Crippen LogP contribution is 2.18. The first-order valence-corrected chi connectivity index (χ1v) is 6.52. The Morgan fingerprint density at radius 1 is 1.00 bits per heavy atom. The Morgan fingerprint density at radius 3 is 2.29 bits per heavy atom. The summed E-state index contributed by atoms with van der Waals surface area (Å²) in [5.41, 5.74) is 1.97. The van der Waals surface area contributed by atoms with Crippen molar-refractivity contribution in [2.24, 2.45) is 0 Å². The molecule has 0 saturated heterocycles. The smallest absolute Gasteiger partial charge is 0.173 e. The molecule has 0 spiro atoms. The van der Waals surface area contributed by atoms with Crippen LogP contribution < -0.4 is 0 Å². The molecule has 0 aliphatic rings. The van der Waals surface area contributed by atoms with E-state index in [-0.39, 0.29) is 5.78 Å². The molecule has 0 unspecified atom stereocenters. The van der Waals surface area contributed by atoms with Crippen molar-refractivity contribution in [1.82, 2.24) is 0 Å². The van der Waals surface area contributed by atoms with Gasteiger partial charge in [0.1, 0.15) is 0 Å². The zero-order chi connectivity index (χ0) is 12.1. The summed E-state index contributed by atoms with van der Waals surface area (Å²) >= 11 is 1.58. The Morgan fingerprint density at radius 2 is 1.65 bits per heavy atom. The Bertz CT molecular complexity index is 488. The SMILES string of the molecule is Cc1ccc(C(=O)CSc2ccccc2)cc1. The molecule has 0 heterocycles. The molecule has 17 heavy (non-hydrogen) atoms. The zero-order valence-corrected chi connectivity index (χ0v) is 10.5. The van der Waals surface area contributed by atoms with Crippen LogP contribution in [0.1, 0.15) is 15.9 Å². The van der Waals surface area contributed by atoms with Gasteiger partial charge in [0, 0.05) is 10.5 Å². The lowest BCUT2D eigenvalue weighted by atomic mass is 10.1. The second-order valence-electron chi connectivity index (χ2n) is 3.89. The van der Waals surface area contributed by atoms with E-state index in [4.69, 9.17) is 0 Å². The second kappa shape index (κ2) is 5.69. The van der Waals surface area contributed by atoms with E-state index in [9.17, 15) is 4.79 Å². The fourth-order valence-corrected chi connectivity index (χ4v) is 2.30. The van der Waals surface area contributed by atoms with Crippen LogP contribution in [0.15, 0.2) is 59.5 Å². The molecule has 2 aromatic rings. The van der Waals surface area contributed by atoms with Gasteiger partial charge in [0.05, 0.1) is 5.75 Å². The van der Waals surface area contributed by atoms with E-state index in [1.807, 2.05) is 61.5 Å². The summed E-state index contributed by atoms with van der Waals surface area (Å²) in [7, 11) is 0. The number of carbonyl (C=O) groups is 1. The molecule has 0 N–H and O–H groups in total. The van der Waals surface area contributed by atoms with Gasteiger partial charge in [0.15, 0.2) is 5.78 Å². The predicted molar refractivity (Wildman–Crippen MR) is 72.7 cm³/mol. The lowest BCUT2D eigenvalue weighted by molar-refractivity contribution is 0.102. The fraction of sp³-hybridized carbons (Fsp3) is 0.133. The normalized spacial score (nSPS) is 10.2. The van der Waals surface area contributed by atoms with E-state index >= 15 is 0 Å². The van der Waals surface area contributed by atoms with Gasteiger partial charge in [0.25, 0.3) is 0 Å². The molecule has 0 fully saturated rings. The Labute approximate surface area is 106 Å². The average molecular weight is 242 g/mol. The molecule has 2 aromatic carbocycles. The zero-order valence-electron chi connectivity index (χ0n) is 9.72. The quantitative estimate of drug-likeness (QED) is 0.596. The summed E-state index contributed by atoms with van der Waals surface area (Å²) in [4.78, 5) is 13.0. The summed E-state index contributed by atoms with van der Waals surface area (Å²) < 4.78 is 0. The lowest BCUT2D eigenvalue weighted by Gasteiger charge is -2.02. The summed E-state index contributed by atoms with van der Waals surface area (Å²) in [5, 5.41) is 0. The molecular weight excluding hydrogens is 228 g/mol. The Balaban J connectivity index is 1.96. The third-order valence-electron chi connectivity index (χ3n) is 2.49. The van der Waals surface area contributed by atoms with E-state index in [2.05, 4.69) is 0 Å². The molecule has 0 radical (unpaired) electrons. The molecule has 0 aliphatic heterocycles. The Kier molecular flexibility index (Phi) is 3.99. The van der Waals surface area contributed by atoms with Crippen molar-refractivity contribution in [3.8, 4) is 0 Å². The number of benzene rings is 2. The molecule has 1 nitrogen and oxygen atoms in total. The highest BCUT2D eigenvalue weighted by Gasteiger charge is 2.05. The first-order chi connectivity index (χ1) is 8.25. The van der Waals surface area contributed by atoms with Gasteiger partial charge < -0.3 is 0 Å². The Hall–Kier alpha value is -1.54. The van der Waals surface area contributed by atoms with Crippen molar-refractivity contribution in [2.75, 3.05) is 5.75 Å². The number of rotatable bonds is 4. The third-order valence-corrected chi connectivity index (χ3v) is 3.50. The van der Waals surface area contributed by atoms with E-state index in [1.54, 1.807) is 11.8 Å². The minimum Gasteiger partial charge on any atom is -0.293 e. The maximum absolute atomic E-state index is 11.9. The molecule has 0 atom stereocenters. The number of aryl methyl sites for hydroxylation is 1. The minimum absolute atomic E-state index is 0.179. The number of ketones is 1. The lowest BCUT2D eigenvalue weighted by Crippen LogP contribution is -2.01. The van der Waals surface area contributed by atoms with Crippen LogP contribution in [0.5, 0.6) is 0 Å². The average Bonchev–Trinajstić information content (AvgIpc) is 2.38. The number of hydrogen-bond acceptors (Lipinski definition) is 2. The fourth-order valence-electron chi connectivity index (χ4n) is 1.49. The molecule has 0 aliphatic carbocycles. The summed E-state index contributed by atoms with van der Waals surface area (Å²) in [6.07, 6.45) is 0. The monoisotopic (exact) mass is 242 g/mol. The van der Waals surface area contributed by atoms with Crippen molar-refractivity contribution >= 4 is 17.5 Å². The van der Waals surface area contributed by atoms with Crippen LogP contribution in [-0.4, -0.2) is 11.5 Å². The van der Waals surface area contributed by atoms with Gasteiger partial charge in [-0.3, -0.25) is 4.79 Å². The maximum atomic E-state index is 11.9. The highest BCUT2D eigenvalue weighted by atomic mass is 32.2. The van der Waals surface area contributed by atoms with Gasteiger partial charge in [0.2, 0.25) is 0 Å². The maximum Gasteiger partial charge on any atom is 0.173 e. The summed E-state index contributed by atoms with van der Waals surface area (Å²) in [6, 6.07) is 17.7. The van der Waals surface area contributed by atoms with Crippen molar-refractivity contribution in [3.63, 3.8) is 0 Å². The molecule has 2 rings (SSSR count). The van der Waals surface area contributed by atoms with Crippen molar-refractivity contribution in [2.45, 2.75) is 11.8 Å². The van der Waals surface area contributed by atoms with Gasteiger partial charge in [-0.05, 0) is 19.1 Å². The number of Topliss-reactive ketones (excluding diaryl/α,β-unsaturated/α-hetero) is 1. The third kappa shape index (κ3) is 3.46. The van der Waals surface area contributed by atoms with Crippen molar-refractivity contribution < 1.29 is 4.79 Å². The number of hydrogen-bond donors (Lipinski definition) is 0. The largest absolute Gasteiger partial charge is 0.293 e. The molecule has 0 aromatic heterocycles. The van der Waals surface area contributed by atoms with Crippen LogP contribution >= 0.6 is 11.8 Å². The van der Waals surface area contributed by atoms with E-state index in [0.29, 0.717) is 5.75 Å². The van der Waals surface area contributed by atoms with Crippen LogP contribution in [0, 0.1) is 6.92 Å². The van der Waals surface area contributed by atoms with Crippen LogP contribution in [-0.2, 0) is 0 Å². The second-order valence-corrected chi connectivity index (χ2v) is 4.94. The molecule has 0 saturated carbocycles. The topological polar surface area (TPSA) is 17.1 Å². The van der Waals surface area contributed by atoms with E-state index in [0.717, 1.165) is 10.5 Å². The van der Waals surface area contributed by atoms with Gasteiger partial charge in [-0.15, -0.1) is 11.8 Å². The summed E-state index contributed by atoms with van der Waals surface area (Å²) in [6.45, 7) is 2.02. The molecule has 0 bridgehead atoms. The van der Waals surface area contributed by atoms with Crippen molar-refractivity contribution in [3.05, 3.63) is 65.7 Å². The van der Waals surface area contributed by atoms with Crippen LogP contribution in [0.25, 0.3) is 0 Å². The number of carbonyl (C=O) groups excluding carboxylic acids is 1. The standard InChI is InChI=1S/C15H14OS/c1-12-7-9-13(10-8-12)15(16)11-17-14-5-3-2-4-6-14/h2-10H,11H2,1H3. The molecule has 2 heteroatoms. The van der Waals surface area contributed by atoms with Crippen LogP contribution in [0.3, 0.4) is 0 Å². The van der Waals surface area contributed by atoms with Crippen LogP contribution in [0.4, 0.5) is 0 Å². The predicted octanol–water partition coefficient (Wildman–Crippen LogP) is 3.97. The molecule has 86 valence electrons. The summed E-state index contributed by atoms with van der Waals surface area (Å²) in [5.74, 6) is 0.673. The van der Waals surface area contributed by atoms with E-state index < -0.39 is 0 Å². The first-order valence-electron chi connectivity index (χ1n) is 5.53. The first kappa shape index (κ1) is 11.9. The minimum atomic E-state index is 0.179. The molecule has 0 amide bonds. The number of thioether (sulfide) groups is 1. The van der Waals surface area contributed by atoms with Gasteiger partial charge in [-0.2, -0.15) is 0 Å². The van der Waals surface area contributed by atoms with Gasteiger partial charge >= 0.3 is 0 Å². The van der Waals surface area contributed by atoms with Crippen LogP contribution in [0.2, 0.25) is 0 Å². The van der Waals surface area contributed by atoms with E-state index in [1.165, 1.54) is 5.56 Å². The van der Waals surface area contributed by atoms with Gasteiger partial charge in [-0.25, -0.2) is 0 Å². The highest BCUT2D eigenvalue weighted by molar-refractivity contribution is 8.00.